The molecule has 0 saturated heterocycles. The van der Waals surface area contributed by atoms with E-state index in [0.717, 1.165) is 11.1 Å². The average molecular weight is 371 g/mol. The lowest BCUT2D eigenvalue weighted by Gasteiger charge is -2.25. The number of rotatable bonds is 12. The fourth-order valence-electron chi connectivity index (χ4n) is 2.62. The van der Waals surface area contributed by atoms with E-state index in [2.05, 4.69) is 11.1 Å². The molecule has 6 nitrogen and oxygen atoms in total. The minimum atomic E-state index is -1.18. The molecule has 0 aliphatic carbocycles. The molecule has 2 aromatic rings. The lowest BCUT2D eigenvalue weighted by molar-refractivity contribution is -0.0290. The Kier molecular flexibility index (Phi) is 9.31. The van der Waals surface area contributed by atoms with Gasteiger partial charge in [0, 0.05) is 23.2 Å². The predicted octanol–water partition coefficient (Wildman–Crippen LogP) is 3.46. The molecule has 0 radical (unpaired) electrons. The van der Waals surface area contributed by atoms with Crippen molar-refractivity contribution in [1.82, 2.24) is 0 Å². The molecule has 0 heterocycles. The highest BCUT2D eigenvalue weighted by atomic mass is 16.6. The van der Waals surface area contributed by atoms with Crippen molar-refractivity contribution in [2.45, 2.75) is 5.60 Å². The molecule has 0 unspecified atom stereocenters. The van der Waals surface area contributed by atoms with Crippen LogP contribution in [0.15, 0.2) is 60.7 Å². The van der Waals surface area contributed by atoms with E-state index in [0.29, 0.717) is 33.0 Å². The Morgan fingerprint density at radius 2 is 1.26 bits per heavy atom. The van der Waals surface area contributed by atoms with Crippen LogP contribution in [0, 0.1) is 11.3 Å². The fourth-order valence-corrected chi connectivity index (χ4v) is 2.62. The molecule has 0 spiro atoms. The molecule has 0 N–H and O–H groups in total. The maximum absolute atomic E-state index is 11.1. The van der Waals surface area contributed by atoms with Crippen LogP contribution in [0.5, 0.6) is 0 Å². The van der Waals surface area contributed by atoms with E-state index in [1.807, 2.05) is 60.7 Å². The van der Waals surface area contributed by atoms with Crippen molar-refractivity contribution in [2.75, 3.05) is 46.8 Å². The zero-order valence-electron chi connectivity index (χ0n) is 15.5. The quantitative estimate of drug-likeness (QED) is 0.422. The molecule has 27 heavy (non-hydrogen) atoms. The van der Waals surface area contributed by atoms with Crippen molar-refractivity contribution >= 4 is 0 Å². The summed E-state index contributed by atoms with van der Waals surface area (Å²) in [7, 11) is 1.63. The largest absolute Gasteiger partial charge is 0.498 e. The topological polar surface area (TPSA) is 64.3 Å². The van der Waals surface area contributed by atoms with E-state index < -0.39 is 5.60 Å². The molecule has 0 saturated carbocycles. The number of hydrogen-bond acceptors (Lipinski definition) is 5. The van der Waals surface area contributed by atoms with Gasteiger partial charge in [0.2, 0.25) is 0 Å². The lowest BCUT2D eigenvalue weighted by atomic mass is 9.87. The van der Waals surface area contributed by atoms with E-state index in [4.69, 9.17) is 18.9 Å². The van der Waals surface area contributed by atoms with Crippen LogP contribution in [0.2, 0.25) is 0 Å². The van der Waals surface area contributed by atoms with Gasteiger partial charge < -0.3 is 24.2 Å². The van der Waals surface area contributed by atoms with Gasteiger partial charge in [0.1, 0.15) is 0 Å². The maximum Gasteiger partial charge on any atom is 0.344 e. The van der Waals surface area contributed by atoms with E-state index in [-0.39, 0.29) is 6.61 Å². The first kappa shape index (κ1) is 20.9. The minimum absolute atomic E-state index is 0.268. The van der Waals surface area contributed by atoms with Gasteiger partial charge in [0.05, 0.1) is 39.6 Å². The summed E-state index contributed by atoms with van der Waals surface area (Å²) >= 11 is 0. The lowest BCUT2D eigenvalue weighted by Crippen LogP contribution is -2.31. The van der Waals surface area contributed by atoms with Crippen LogP contribution in [-0.4, -0.2) is 46.8 Å². The molecular weight excluding hydrogens is 346 g/mol. The smallest absolute Gasteiger partial charge is 0.344 e. The zero-order valence-corrected chi connectivity index (χ0v) is 15.5. The third-order valence-electron chi connectivity index (χ3n) is 3.91. The highest BCUT2D eigenvalue weighted by Gasteiger charge is 2.40. The first-order valence-corrected chi connectivity index (χ1v) is 8.82. The average Bonchev–Trinajstić information content (AvgIpc) is 2.73. The molecule has 6 heteroatoms. The highest BCUT2D eigenvalue weighted by Crippen LogP contribution is 2.33. The van der Waals surface area contributed by atoms with Gasteiger partial charge in [-0.2, -0.15) is 0 Å². The summed E-state index contributed by atoms with van der Waals surface area (Å²) in [5.41, 5.74) is 0.375. The second-order valence-corrected chi connectivity index (χ2v) is 5.68. The van der Waals surface area contributed by atoms with Crippen LogP contribution in [0.1, 0.15) is 11.1 Å². The summed E-state index contributed by atoms with van der Waals surface area (Å²) in [5, 5.41) is 14.0. The SMILES string of the molecule is COCCOCCOCCOC(C#[N+][O-])(c1ccccc1)c1ccccc1. The van der Waals surface area contributed by atoms with Crippen LogP contribution in [0.4, 0.5) is 0 Å². The van der Waals surface area contributed by atoms with Crippen LogP contribution in [0.3, 0.4) is 0 Å². The van der Waals surface area contributed by atoms with Crippen LogP contribution >= 0.6 is 0 Å². The zero-order chi connectivity index (χ0) is 19.2. The number of ether oxygens (including phenoxy) is 4. The standard InChI is InChI=1S/C21H25NO5/c1-24-12-13-25-14-15-26-16-17-27-21(18-22-23,19-8-4-2-5-9-19)20-10-6-3-7-11-20/h2-11H,12-17H2,1H3. The third-order valence-corrected chi connectivity index (χ3v) is 3.91. The van der Waals surface area contributed by atoms with Gasteiger partial charge in [-0.15, -0.1) is 0 Å². The molecule has 144 valence electrons. The van der Waals surface area contributed by atoms with Gasteiger partial charge in [-0.1, -0.05) is 60.7 Å². The summed E-state index contributed by atoms with van der Waals surface area (Å²) in [4.78, 5) is 0. The molecule has 0 amide bonds. The van der Waals surface area contributed by atoms with Crippen molar-refractivity contribution in [3.05, 3.63) is 82.0 Å². The predicted molar refractivity (Wildman–Crippen MR) is 104 cm³/mol. The Labute approximate surface area is 160 Å². The summed E-state index contributed by atoms with van der Waals surface area (Å²) in [5.74, 6) is 0. The van der Waals surface area contributed by atoms with Crippen LogP contribution in [-0.2, 0) is 24.5 Å². The Morgan fingerprint density at radius 1 is 0.778 bits per heavy atom. The summed E-state index contributed by atoms with van der Waals surface area (Å²) in [6.45, 7) is 2.66. The highest BCUT2D eigenvalue weighted by molar-refractivity contribution is 5.43. The van der Waals surface area contributed by atoms with Crippen molar-refractivity contribution in [1.29, 1.82) is 0 Å². The summed E-state index contributed by atoms with van der Waals surface area (Å²) < 4.78 is 21.9. The molecule has 0 aliphatic rings. The van der Waals surface area contributed by atoms with Gasteiger partial charge in [0.25, 0.3) is 5.60 Å². The van der Waals surface area contributed by atoms with Gasteiger partial charge in [-0.25, -0.2) is 0 Å². The van der Waals surface area contributed by atoms with E-state index in [1.54, 1.807) is 7.11 Å². The van der Waals surface area contributed by atoms with E-state index in [9.17, 15) is 5.21 Å². The number of methoxy groups -OCH3 is 1. The first-order chi connectivity index (χ1) is 13.3. The second kappa shape index (κ2) is 12.0. The molecule has 0 bridgehead atoms. The Morgan fingerprint density at radius 3 is 1.74 bits per heavy atom. The summed E-state index contributed by atoms with van der Waals surface area (Å²) in [6.07, 6.45) is 0. The summed E-state index contributed by atoms with van der Waals surface area (Å²) in [6, 6.07) is 21.5. The molecule has 2 aromatic carbocycles. The molecular formula is C21H25NO5. The molecule has 0 aromatic heterocycles. The molecule has 0 fully saturated rings. The van der Waals surface area contributed by atoms with Gasteiger partial charge in [0.15, 0.2) is 0 Å². The normalized spacial score (nSPS) is 11.0. The fraction of sp³-hybridized carbons (Fsp3) is 0.381. The molecule has 2 rings (SSSR count). The maximum atomic E-state index is 11.1. The van der Waals surface area contributed by atoms with Gasteiger partial charge in [-0.3, -0.25) is 0 Å². The van der Waals surface area contributed by atoms with Crippen LogP contribution in [0.25, 0.3) is 5.01 Å². The third kappa shape index (κ3) is 6.35. The number of benzene rings is 2. The first-order valence-electron chi connectivity index (χ1n) is 8.82. The molecule has 0 atom stereocenters. The van der Waals surface area contributed by atoms with E-state index >= 15 is 0 Å². The van der Waals surface area contributed by atoms with Crippen molar-refractivity contribution in [3.8, 4) is 6.07 Å². The van der Waals surface area contributed by atoms with Crippen LogP contribution < -0.4 is 0 Å². The van der Waals surface area contributed by atoms with Gasteiger partial charge in [-0.05, 0) is 0 Å². The number of hydrogen-bond donors (Lipinski definition) is 0. The Hall–Kier alpha value is -2.43. The van der Waals surface area contributed by atoms with Crippen molar-refractivity contribution in [3.63, 3.8) is 0 Å². The monoisotopic (exact) mass is 371 g/mol. The minimum Gasteiger partial charge on any atom is -0.498 e. The Balaban J connectivity index is 2.00. The second-order valence-electron chi connectivity index (χ2n) is 5.68. The van der Waals surface area contributed by atoms with Crippen molar-refractivity contribution < 1.29 is 18.9 Å². The van der Waals surface area contributed by atoms with Crippen molar-refractivity contribution in [2.24, 2.45) is 0 Å². The van der Waals surface area contributed by atoms with Gasteiger partial charge >= 0.3 is 6.07 Å². The Bertz CT molecular complexity index is 657. The number of nitrogens with zero attached hydrogens (tertiary/aromatic N) is 1. The molecule has 0 aliphatic heterocycles. The van der Waals surface area contributed by atoms with E-state index in [1.165, 1.54) is 0 Å².